The highest BCUT2D eigenvalue weighted by molar-refractivity contribution is 7.12. The van der Waals surface area contributed by atoms with Crippen LogP contribution in [0.1, 0.15) is 34.1 Å². The van der Waals surface area contributed by atoms with Crippen LogP contribution >= 0.6 is 11.3 Å². The lowest BCUT2D eigenvalue weighted by Gasteiger charge is -2.31. The van der Waals surface area contributed by atoms with Crippen LogP contribution in [0.2, 0.25) is 0 Å². The number of rotatable bonds is 2. The van der Waals surface area contributed by atoms with Crippen molar-refractivity contribution in [1.82, 2.24) is 0 Å². The predicted octanol–water partition coefficient (Wildman–Crippen LogP) is 2.16. The van der Waals surface area contributed by atoms with Crippen molar-refractivity contribution in [3.05, 3.63) is 21.4 Å². The summed E-state index contributed by atoms with van der Waals surface area (Å²) in [6.45, 7) is 3.59. The zero-order valence-electron chi connectivity index (χ0n) is 10.4. The van der Waals surface area contributed by atoms with Crippen LogP contribution < -0.4 is 0 Å². The van der Waals surface area contributed by atoms with Crippen LogP contribution in [0.15, 0.2) is 5.38 Å². The summed E-state index contributed by atoms with van der Waals surface area (Å²) in [6, 6.07) is 0. The molecule has 3 rings (SSSR count). The molecule has 1 aliphatic carbocycles. The lowest BCUT2D eigenvalue weighted by atomic mass is 9.89. The minimum atomic E-state index is -0.431. The monoisotopic (exact) mass is 268 g/mol. The molecule has 1 fully saturated rings. The molecule has 4 nitrogen and oxygen atoms in total. The third-order valence-electron chi connectivity index (χ3n) is 3.47. The van der Waals surface area contributed by atoms with Crippen LogP contribution in [0, 0.1) is 0 Å². The van der Waals surface area contributed by atoms with Crippen LogP contribution in [0.3, 0.4) is 0 Å². The SMILES string of the molecule is CCOC(=O)c1scc2c1CCC1(C2)OCCO1. The molecule has 2 aliphatic rings. The van der Waals surface area contributed by atoms with E-state index in [1.165, 1.54) is 16.9 Å². The first-order valence-electron chi connectivity index (χ1n) is 6.28. The van der Waals surface area contributed by atoms with E-state index in [-0.39, 0.29) is 5.97 Å². The number of carbonyl (C=O) groups excluding carboxylic acids is 1. The summed E-state index contributed by atoms with van der Waals surface area (Å²) in [6.07, 6.45) is 2.40. The Balaban J connectivity index is 1.84. The Morgan fingerprint density at radius 3 is 3.00 bits per heavy atom. The normalized spacial score (nSPS) is 20.9. The minimum absolute atomic E-state index is 0.201. The zero-order valence-corrected chi connectivity index (χ0v) is 11.2. The third kappa shape index (κ3) is 1.96. The highest BCUT2D eigenvalue weighted by Crippen LogP contribution is 2.39. The van der Waals surface area contributed by atoms with E-state index in [1.54, 1.807) is 0 Å². The highest BCUT2D eigenvalue weighted by Gasteiger charge is 2.41. The van der Waals surface area contributed by atoms with E-state index in [1.807, 2.05) is 12.3 Å². The summed E-state index contributed by atoms with van der Waals surface area (Å²) < 4.78 is 16.5. The molecule has 0 aromatic carbocycles. The Labute approximate surface area is 110 Å². The van der Waals surface area contributed by atoms with Gasteiger partial charge in [0.2, 0.25) is 0 Å². The second-order valence-corrected chi connectivity index (χ2v) is 5.45. The molecule has 0 amide bonds. The average Bonchev–Trinajstić information content (AvgIpc) is 2.97. The first-order valence-corrected chi connectivity index (χ1v) is 7.16. The number of fused-ring (bicyclic) bond motifs is 1. The van der Waals surface area contributed by atoms with Crippen molar-refractivity contribution >= 4 is 17.3 Å². The van der Waals surface area contributed by atoms with Crippen molar-refractivity contribution in [3.8, 4) is 0 Å². The maximum absolute atomic E-state index is 11.8. The topological polar surface area (TPSA) is 44.8 Å². The summed E-state index contributed by atoms with van der Waals surface area (Å²) in [5.74, 6) is -0.632. The molecule has 2 heterocycles. The van der Waals surface area contributed by atoms with Crippen molar-refractivity contribution in [2.75, 3.05) is 19.8 Å². The van der Waals surface area contributed by atoms with Crippen LogP contribution in [0.5, 0.6) is 0 Å². The maximum Gasteiger partial charge on any atom is 0.348 e. The average molecular weight is 268 g/mol. The van der Waals surface area contributed by atoms with Crippen molar-refractivity contribution < 1.29 is 19.0 Å². The van der Waals surface area contributed by atoms with Gasteiger partial charge in [-0.15, -0.1) is 11.3 Å². The molecular formula is C13H16O4S. The first kappa shape index (κ1) is 12.1. The van der Waals surface area contributed by atoms with E-state index in [2.05, 4.69) is 0 Å². The van der Waals surface area contributed by atoms with Crippen LogP contribution in [-0.4, -0.2) is 31.6 Å². The molecule has 1 aromatic heterocycles. The molecule has 0 atom stereocenters. The molecular weight excluding hydrogens is 252 g/mol. The van der Waals surface area contributed by atoms with Crippen LogP contribution in [0.4, 0.5) is 0 Å². The molecule has 0 unspecified atom stereocenters. The molecule has 0 bridgehead atoms. The minimum Gasteiger partial charge on any atom is -0.462 e. The van der Waals surface area contributed by atoms with Crippen molar-refractivity contribution in [2.24, 2.45) is 0 Å². The second-order valence-electron chi connectivity index (χ2n) is 4.57. The van der Waals surface area contributed by atoms with E-state index in [9.17, 15) is 4.79 Å². The summed E-state index contributed by atoms with van der Waals surface area (Å²) in [7, 11) is 0. The Kier molecular flexibility index (Phi) is 3.13. The van der Waals surface area contributed by atoms with Gasteiger partial charge in [-0.05, 0) is 29.9 Å². The van der Waals surface area contributed by atoms with Gasteiger partial charge in [0, 0.05) is 12.8 Å². The smallest absolute Gasteiger partial charge is 0.348 e. The van der Waals surface area contributed by atoms with E-state index in [0.29, 0.717) is 19.8 Å². The Morgan fingerprint density at radius 2 is 2.28 bits per heavy atom. The zero-order chi connectivity index (χ0) is 12.6. The summed E-state index contributed by atoms with van der Waals surface area (Å²) in [5, 5.41) is 2.04. The highest BCUT2D eigenvalue weighted by atomic mass is 32.1. The molecule has 1 aliphatic heterocycles. The Hall–Kier alpha value is -0.910. The largest absolute Gasteiger partial charge is 0.462 e. The molecule has 1 aromatic rings. The van der Waals surface area contributed by atoms with Gasteiger partial charge in [-0.2, -0.15) is 0 Å². The predicted molar refractivity (Wildman–Crippen MR) is 66.9 cm³/mol. The summed E-state index contributed by atoms with van der Waals surface area (Å²) >= 11 is 1.47. The Morgan fingerprint density at radius 1 is 1.50 bits per heavy atom. The van der Waals surface area contributed by atoms with Crippen LogP contribution in [-0.2, 0) is 27.1 Å². The van der Waals surface area contributed by atoms with E-state index < -0.39 is 5.79 Å². The first-order chi connectivity index (χ1) is 8.74. The summed E-state index contributed by atoms with van der Waals surface area (Å²) in [5.41, 5.74) is 2.30. The lowest BCUT2D eigenvalue weighted by molar-refractivity contribution is -0.163. The number of esters is 1. The van der Waals surface area contributed by atoms with Gasteiger partial charge in [0.05, 0.1) is 19.8 Å². The van der Waals surface area contributed by atoms with Crippen molar-refractivity contribution in [1.29, 1.82) is 0 Å². The molecule has 1 spiro atoms. The standard InChI is InChI=1S/C13H16O4S/c1-2-15-12(14)11-10-3-4-13(16-5-6-17-13)7-9(10)8-18-11/h8H,2-7H2,1H3. The fourth-order valence-corrected chi connectivity index (χ4v) is 3.66. The van der Waals surface area contributed by atoms with E-state index in [4.69, 9.17) is 14.2 Å². The van der Waals surface area contributed by atoms with E-state index >= 15 is 0 Å². The molecule has 0 N–H and O–H groups in total. The van der Waals surface area contributed by atoms with Gasteiger partial charge in [0.15, 0.2) is 5.79 Å². The Bertz CT molecular complexity index is 460. The number of hydrogen-bond donors (Lipinski definition) is 0. The van der Waals surface area contributed by atoms with Gasteiger partial charge in [0.1, 0.15) is 4.88 Å². The second kappa shape index (κ2) is 4.64. The van der Waals surface area contributed by atoms with Gasteiger partial charge in [-0.3, -0.25) is 0 Å². The van der Waals surface area contributed by atoms with Gasteiger partial charge in [-0.1, -0.05) is 0 Å². The molecule has 0 saturated carbocycles. The van der Waals surface area contributed by atoms with Gasteiger partial charge >= 0.3 is 5.97 Å². The number of thiophene rings is 1. The number of hydrogen-bond acceptors (Lipinski definition) is 5. The van der Waals surface area contributed by atoms with Crippen LogP contribution in [0.25, 0.3) is 0 Å². The fraction of sp³-hybridized carbons (Fsp3) is 0.615. The maximum atomic E-state index is 11.8. The lowest BCUT2D eigenvalue weighted by Crippen LogP contribution is -2.36. The number of carbonyl (C=O) groups is 1. The van der Waals surface area contributed by atoms with Crippen molar-refractivity contribution in [2.45, 2.75) is 32.0 Å². The van der Waals surface area contributed by atoms with Gasteiger partial charge < -0.3 is 14.2 Å². The fourth-order valence-electron chi connectivity index (χ4n) is 2.65. The van der Waals surface area contributed by atoms with Crippen molar-refractivity contribution in [3.63, 3.8) is 0 Å². The van der Waals surface area contributed by atoms with E-state index in [0.717, 1.165) is 29.7 Å². The molecule has 5 heteroatoms. The quantitative estimate of drug-likeness (QED) is 0.771. The molecule has 18 heavy (non-hydrogen) atoms. The number of ether oxygens (including phenoxy) is 3. The van der Waals surface area contributed by atoms with Gasteiger partial charge in [0.25, 0.3) is 0 Å². The molecule has 98 valence electrons. The summed E-state index contributed by atoms with van der Waals surface area (Å²) in [4.78, 5) is 12.6. The third-order valence-corrected chi connectivity index (χ3v) is 4.52. The molecule has 1 saturated heterocycles. The molecule has 0 radical (unpaired) electrons. The van der Waals surface area contributed by atoms with Gasteiger partial charge in [-0.25, -0.2) is 4.79 Å².